The van der Waals surface area contributed by atoms with Crippen LogP contribution in [0, 0.1) is 17.3 Å². The number of unbranched alkanes of at least 4 members (excludes halogenated alkanes) is 3. The molecule has 5 aliphatic rings. The summed E-state index contributed by atoms with van der Waals surface area (Å²) in [5.74, 6) is 2.11. The fourth-order valence-corrected chi connectivity index (χ4v) is 9.61. The normalized spacial score (nSPS) is 34.7. The predicted octanol–water partition coefficient (Wildman–Crippen LogP) is 11.1. The second-order valence-electron chi connectivity index (χ2n) is 13.9. The van der Waals surface area contributed by atoms with Gasteiger partial charge in [0.2, 0.25) is 0 Å². The van der Waals surface area contributed by atoms with Crippen LogP contribution in [0.1, 0.15) is 166 Å². The number of hydrogen-bond donors (Lipinski definition) is 0. The van der Waals surface area contributed by atoms with Gasteiger partial charge in [0, 0.05) is 0 Å². The monoisotopic (exact) mass is 476 g/mol. The van der Waals surface area contributed by atoms with Crippen LogP contribution in [0.2, 0.25) is 0 Å². The molecule has 6 rings (SSSR count). The molecule has 5 fully saturated rings. The van der Waals surface area contributed by atoms with Crippen LogP contribution in [0.15, 0.2) is 24.3 Å². The standard InChI is InChI=1S/C35H56/c1-3-5-8-11-29-12-14-30(15-13-29)34-23-26-35(27-24-34,28-25-34)32-18-16-31(17-19-32)33(20-6-4-2)21-9-7-10-22-33/h16-19,29-30H,3-15,20-28H2,1-2H3/t29-,30-,34?,35?. The van der Waals surface area contributed by atoms with Gasteiger partial charge in [-0.1, -0.05) is 109 Å². The quantitative estimate of drug-likeness (QED) is 0.294. The Hall–Kier alpha value is -0.780. The summed E-state index contributed by atoms with van der Waals surface area (Å²) in [6.45, 7) is 4.71. The largest absolute Gasteiger partial charge is 0.0654 e. The number of fused-ring (bicyclic) bond motifs is 3. The van der Waals surface area contributed by atoms with E-state index in [1.54, 1.807) is 36.8 Å². The van der Waals surface area contributed by atoms with Crippen molar-refractivity contribution in [2.45, 2.75) is 166 Å². The van der Waals surface area contributed by atoms with Crippen LogP contribution in [-0.4, -0.2) is 0 Å². The highest BCUT2D eigenvalue weighted by Gasteiger charge is 2.52. The highest BCUT2D eigenvalue weighted by Crippen LogP contribution is 2.63. The summed E-state index contributed by atoms with van der Waals surface area (Å²) in [7, 11) is 0. The van der Waals surface area contributed by atoms with E-state index < -0.39 is 0 Å². The Balaban J connectivity index is 1.20. The molecule has 1 aromatic carbocycles. The van der Waals surface area contributed by atoms with Gasteiger partial charge in [-0.3, -0.25) is 0 Å². The first-order valence-corrected chi connectivity index (χ1v) is 16.2. The van der Waals surface area contributed by atoms with E-state index in [2.05, 4.69) is 38.1 Å². The fourth-order valence-electron chi connectivity index (χ4n) is 9.61. The van der Waals surface area contributed by atoms with Crippen LogP contribution in [0.5, 0.6) is 0 Å². The summed E-state index contributed by atoms with van der Waals surface area (Å²) in [6.07, 6.45) is 32.4. The molecule has 0 amide bonds. The van der Waals surface area contributed by atoms with Gasteiger partial charge in [0.1, 0.15) is 0 Å². The lowest BCUT2D eigenvalue weighted by Crippen LogP contribution is -2.48. The van der Waals surface area contributed by atoms with E-state index in [1.165, 1.54) is 116 Å². The molecule has 1 aromatic rings. The van der Waals surface area contributed by atoms with E-state index in [9.17, 15) is 0 Å². The van der Waals surface area contributed by atoms with Crippen LogP contribution in [0.4, 0.5) is 0 Å². The molecule has 0 aliphatic heterocycles. The Labute approximate surface area is 218 Å². The molecule has 0 unspecified atom stereocenters. The van der Waals surface area contributed by atoms with Gasteiger partial charge in [0.15, 0.2) is 0 Å². The average molecular weight is 477 g/mol. The maximum atomic E-state index is 2.61. The second-order valence-corrected chi connectivity index (χ2v) is 13.9. The third kappa shape index (κ3) is 5.29. The van der Waals surface area contributed by atoms with Crippen LogP contribution >= 0.6 is 0 Å². The van der Waals surface area contributed by atoms with Gasteiger partial charge in [0.25, 0.3) is 0 Å². The van der Waals surface area contributed by atoms with Crippen LogP contribution < -0.4 is 0 Å². The lowest BCUT2D eigenvalue weighted by molar-refractivity contribution is -0.0294. The Morgan fingerprint density at radius 2 is 1.23 bits per heavy atom. The first-order chi connectivity index (χ1) is 17.1. The molecule has 0 N–H and O–H groups in total. The highest BCUT2D eigenvalue weighted by atomic mass is 14.6. The summed E-state index contributed by atoms with van der Waals surface area (Å²) in [5, 5.41) is 0. The van der Waals surface area contributed by atoms with E-state index in [0.717, 1.165) is 17.3 Å². The van der Waals surface area contributed by atoms with Gasteiger partial charge in [-0.15, -0.1) is 0 Å². The van der Waals surface area contributed by atoms with Crippen LogP contribution in [-0.2, 0) is 10.8 Å². The average Bonchev–Trinajstić information content (AvgIpc) is 2.94. The minimum absolute atomic E-state index is 0.494. The first kappa shape index (κ1) is 25.9. The van der Waals surface area contributed by atoms with Crippen molar-refractivity contribution in [3.8, 4) is 0 Å². The molecule has 196 valence electrons. The number of rotatable bonds is 10. The molecule has 2 bridgehead atoms. The van der Waals surface area contributed by atoms with Crippen molar-refractivity contribution in [1.29, 1.82) is 0 Å². The Kier molecular flexibility index (Phi) is 8.35. The smallest absolute Gasteiger partial charge is 0.00463 e. The fraction of sp³-hybridized carbons (Fsp3) is 0.829. The maximum Gasteiger partial charge on any atom is -0.00463 e. The molecular formula is C35H56. The second kappa shape index (κ2) is 11.3. The van der Waals surface area contributed by atoms with Crippen LogP contribution in [0.25, 0.3) is 0 Å². The molecule has 0 aromatic heterocycles. The van der Waals surface area contributed by atoms with Gasteiger partial charge in [-0.25, -0.2) is 0 Å². The summed E-state index contributed by atoms with van der Waals surface area (Å²) in [4.78, 5) is 0. The summed E-state index contributed by atoms with van der Waals surface area (Å²) < 4.78 is 0. The van der Waals surface area contributed by atoms with E-state index >= 15 is 0 Å². The van der Waals surface area contributed by atoms with Crippen molar-refractivity contribution in [3.63, 3.8) is 0 Å². The molecule has 0 saturated heterocycles. The Morgan fingerprint density at radius 1 is 0.629 bits per heavy atom. The zero-order chi connectivity index (χ0) is 24.2. The minimum Gasteiger partial charge on any atom is -0.0654 e. The highest BCUT2D eigenvalue weighted by molar-refractivity contribution is 5.35. The molecule has 5 aliphatic carbocycles. The lowest BCUT2D eigenvalue weighted by Gasteiger charge is -2.58. The molecule has 0 atom stereocenters. The molecule has 35 heavy (non-hydrogen) atoms. The SMILES string of the molecule is CCCCC[C@H]1CC[C@H](C23CCC(c4ccc(C5(CCCC)CCCCC5)cc4)(CC2)CC3)CC1. The van der Waals surface area contributed by atoms with Gasteiger partial charge >= 0.3 is 0 Å². The molecule has 0 radical (unpaired) electrons. The van der Waals surface area contributed by atoms with Crippen LogP contribution in [0.3, 0.4) is 0 Å². The van der Waals surface area contributed by atoms with E-state index in [-0.39, 0.29) is 0 Å². The van der Waals surface area contributed by atoms with Gasteiger partial charge < -0.3 is 0 Å². The van der Waals surface area contributed by atoms with Crippen molar-refractivity contribution < 1.29 is 0 Å². The van der Waals surface area contributed by atoms with Crippen molar-refractivity contribution in [2.24, 2.45) is 17.3 Å². The summed E-state index contributed by atoms with van der Waals surface area (Å²) in [5.41, 5.74) is 5.12. The molecular weight excluding hydrogens is 420 g/mol. The maximum absolute atomic E-state index is 2.61. The van der Waals surface area contributed by atoms with E-state index in [1.807, 2.05) is 0 Å². The summed E-state index contributed by atoms with van der Waals surface area (Å²) in [6, 6.07) is 10.4. The van der Waals surface area contributed by atoms with Crippen molar-refractivity contribution in [2.75, 3.05) is 0 Å². The van der Waals surface area contributed by atoms with Gasteiger partial charge in [-0.2, -0.15) is 0 Å². The minimum atomic E-state index is 0.494. The molecule has 0 spiro atoms. The van der Waals surface area contributed by atoms with Crippen molar-refractivity contribution in [3.05, 3.63) is 35.4 Å². The summed E-state index contributed by atoms with van der Waals surface area (Å²) >= 11 is 0. The lowest BCUT2D eigenvalue weighted by atomic mass is 9.47. The Morgan fingerprint density at radius 3 is 1.83 bits per heavy atom. The third-order valence-corrected chi connectivity index (χ3v) is 12.2. The van der Waals surface area contributed by atoms with Crippen molar-refractivity contribution in [1.82, 2.24) is 0 Å². The molecule has 0 heterocycles. The topological polar surface area (TPSA) is 0 Å². The molecule has 5 saturated carbocycles. The molecule has 0 nitrogen and oxygen atoms in total. The predicted molar refractivity (Wildman–Crippen MR) is 152 cm³/mol. The van der Waals surface area contributed by atoms with Crippen molar-refractivity contribution >= 4 is 0 Å². The third-order valence-electron chi connectivity index (χ3n) is 12.2. The zero-order valence-electron chi connectivity index (χ0n) is 23.5. The first-order valence-electron chi connectivity index (χ1n) is 16.2. The van der Waals surface area contributed by atoms with E-state index in [0.29, 0.717) is 10.8 Å². The van der Waals surface area contributed by atoms with Gasteiger partial charge in [0.05, 0.1) is 0 Å². The Bertz CT molecular complexity index is 746. The van der Waals surface area contributed by atoms with Gasteiger partial charge in [-0.05, 0) is 110 Å². The molecule has 0 heteroatoms. The van der Waals surface area contributed by atoms with E-state index in [4.69, 9.17) is 0 Å². The zero-order valence-corrected chi connectivity index (χ0v) is 23.5. The number of benzene rings is 1. The number of hydrogen-bond acceptors (Lipinski definition) is 0.